The van der Waals surface area contributed by atoms with Crippen molar-refractivity contribution in [3.63, 3.8) is 0 Å². The second-order valence-electron chi connectivity index (χ2n) is 16.6. The minimum atomic E-state index is -0.961. The number of carbonyl (C=O) groups is 3. The van der Waals surface area contributed by atoms with Crippen molar-refractivity contribution in [1.29, 1.82) is 0 Å². The number of alkyl carbamates (subject to hydrolysis) is 1. The quantitative estimate of drug-likeness (QED) is 0.0983. The molecule has 0 aromatic heterocycles. The fourth-order valence-corrected chi connectivity index (χ4v) is 8.51. The van der Waals surface area contributed by atoms with Crippen molar-refractivity contribution in [2.45, 2.75) is 70.4 Å². The minimum absolute atomic E-state index is 0.00116. The van der Waals surface area contributed by atoms with Gasteiger partial charge in [-0.3, -0.25) is 4.79 Å². The van der Waals surface area contributed by atoms with E-state index in [4.69, 9.17) is 52.6 Å². The van der Waals surface area contributed by atoms with Gasteiger partial charge in [-0.25, -0.2) is 9.59 Å². The normalized spacial score (nSPS) is 24.0. The number of ether oxygens (including phenoxy) is 5. The first-order valence-corrected chi connectivity index (χ1v) is 22.6. The summed E-state index contributed by atoms with van der Waals surface area (Å²) < 4.78 is 28.7. The highest BCUT2D eigenvalue weighted by Crippen LogP contribution is 2.31. The molecule has 0 aliphatic carbocycles. The van der Waals surface area contributed by atoms with Gasteiger partial charge in [-0.2, -0.15) is 0 Å². The zero-order valence-electron chi connectivity index (χ0n) is 36.4. The highest BCUT2D eigenvalue weighted by molar-refractivity contribution is 6.30. The summed E-state index contributed by atoms with van der Waals surface area (Å²) in [5, 5.41) is 4.02. The molecule has 2 fully saturated rings. The number of hydrogen-bond donors (Lipinski definition) is 2. The molecule has 12 heteroatoms. The second-order valence-corrected chi connectivity index (χ2v) is 17.5. The van der Waals surface area contributed by atoms with Crippen molar-refractivity contribution in [1.82, 2.24) is 5.32 Å². The average Bonchev–Trinajstić information content (AvgIpc) is 3.38. The maximum absolute atomic E-state index is 13.1. The Hall–Kier alpha value is -5.23. The number of cyclic esters (lactones) is 2. The molecule has 64 heavy (non-hydrogen) atoms. The van der Waals surface area contributed by atoms with Gasteiger partial charge in [-0.15, -0.1) is 0 Å². The minimum Gasteiger partial charge on any atom is -0.461 e. The lowest BCUT2D eigenvalue weighted by atomic mass is 9.80. The molecule has 2 aliphatic heterocycles. The summed E-state index contributed by atoms with van der Waals surface area (Å²) in [5.74, 6) is -0.530. The predicted octanol–water partition coefficient (Wildman–Crippen LogP) is 9.26. The summed E-state index contributed by atoms with van der Waals surface area (Å²) in [7, 11) is 0. The predicted molar refractivity (Wildman–Crippen MR) is 249 cm³/mol. The molecule has 5 aromatic rings. The van der Waals surface area contributed by atoms with Gasteiger partial charge in [-0.1, -0.05) is 138 Å². The Morgan fingerprint density at radius 3 is 1.44 bits per heavy atom. The molecule has 5 aromatic carbocycles. The van der Waals surface area contributed by atoms with E-state index in [1.807, 2.05) is 129 Å². The summed E-state index contributed by atoms with van der Waals surface area (Å²) in [6, 6.07) is 43.7. The van der Waals surface area contributed by atoms with Crippen LogP contribution in [-0.4, -0.2) is 68.8 Å². The van der Waals surface area contributed by atoms with Crippen LogP contribution in [-0.2, 0) is 65.6 Å². The molecule has 0 unspecified atom stereocenters. The van der Waals surface area contributed by atoms with Crippen LogP contribution in [0.4, 0.5) is 4.79 Å². The van der Waals surface area contributed by atoms with Crippen molar-refractivity contribution >= 4 is 41.2 Å². The van der Waals surface area contributed by atoms with Gasteiger partial charge in [0.15, 0.2) is 6.04 Å². The van der Waals surface area contributed by atoms with Gasteiger partial charge >= 0.3 is 18.0 Å². The molecule has 0 bridgehead atoms. The summed E-state index contributed by atoms with van der Waals surface area (Å²) in [6.07, 6.45) is 1.78. The van der Waals surface area contributed by atoms with Gasteiger partial charge in [0.2, 0.25) is 0 Å². The summed E-state index contributed by atoms with van der Waals surface area (Å²) in [4.78, 5) is 37.7. The lowest BCUT2D eigenvalue weighted by molar-refractivity contribution is -0.154. The highest BCUT2D eigenvalue weighted by Gasteiger charge is 2.36. The highest BCUT2D eigenvalue weighted by atomic mass is 35.5. The van der Waals surface area contributed by atoms with Gasteiger partial charge in [0.25, 0.3) is 0 Å². The zero-order chi connectivity index (χ0) is 45.3. The van der Waals surface area contributed by atoms with Gasteiger partial charge < -0.3 is 34.7 Å². The number of carbonyl (C=O) groups excluding carboxylic acids is 3. The molecule has 1 amide bonds. The Kier molecular flexibility index (Phi) is 18.6. The largest absolute Gasteiger partial charge is 0.461 e. The van der Waals surface area contributed by atoms with E-state index in [1.165, 1.54) is 11.1 Å². The lowest BCUT2D eigenvalue weighted by Crippen LogP contribution is -2.46. The number of amides is 1. The Morgan fingerprint density at radius 1 is 0.562 bits per heavy atom. The van der Waals surface area contributed by atoms with Gasteiger partial charge in [0.05, 0.1) is 26.4 Å². The van der Waals surface area contributed by atoms with Crippen LogP contribution < -0.4 is 11.1 Å². The van der Waals surface area contributed by atoms with Gasteiger partial charge in [-0.05, 0) is 103 Å². The van der Waals surface area contributed by atoms with Crippen LogP contribution in [0.25, 0.3) is 0 Å². The fourth-order valence-electron chi connectivity index (χ4n) is 8.26. The third-order valence-corrected chi connectivity index (χ3v) is 12.3. The molecular weight excluding hydrogens is 851 g/mol. The molecule has 3 N–H and O–H groups in total. The Labute approximate surface area is 386 Å². The third kappa shape index (κ3) is 15.2. The van der Waals surface area contributed by atoms with E-state index >= 15 is 0 Å². The van der Waals surface area contributed by atoms with Crippen LogP contribution in [0.15, 0.2) is 140 Å². The molecule has 10 nitrogen and oxygen atoms in total. The number of benzene rings is 5. The van der Waals surface area contributed by atoms with E-state index in [1.54, 1.807) is 0 Å². The topological polar surface area (TPSA) is 135 Å². The van der Waals surface area contributed by atoms with E-state index in [0.717, 1.165) is 47.4 Å². The first-order chi connectivity index (χ1) is 31.0. The number of rotatable bonds is 11. The van der Waals surface area contributed by atoms with Crippen molar-refractivity contribution in [2.75, 3.05) is 26.4 Å². The molecule has 0 radical (unpaired) electrons. The van der Waals surface area contributed by atoms with Crippen molar-refractivity contribution in [3.05, 3.63) is 177 Å². The second kappa shape index (κ2) is 24.7. The van der Waals surface area contributed by atoms with Gasteiger partial charge in [0.1, 0.15) is 24.9 Å². The van der Waals surface area contributed by atoms with E-state index < -0.39 is 36.2 Å². The van der Waals surface area contributed by atoms with Crippen molar-refractivity contribution < 1.29 is 38.1 Å². The van der Waals surface area contributed by atoms with E-state index in [9.17, 15) is 14.4 Å². The molecule has 8 atom stereocenters. The number of esters is 2. The number of nitrogens with two attached hydrogens (primary N) is 1. The van der Waals surface area contributed by atoms with Crippen LogP contribution in [0.1, 0.15) is 41.7 Å². The molecule has 2 aliphatic rings. The maximum Gasteiger partial charge on any atom is 0.408 e. The van der Waals surface area contributed by atoms with Gasteiger partial charge in [0, 0.05) is 21.9 Å². The molecule has 2 heterocycles. The molecule has 0 saturated carbocycles. The fraction of sp³-hybridized carbons (Fsp3) is 0.365. The molecule has 2 saturated heterocycles. The molecule has 0 spiro atoms. The van der Waals surface area contributed by atoms with E-state index in [-0.39, 0.29) is 49.6 Å². The number of halogens is 2. The summed E-state index contributed by atoms with van der Waals surface area (Å²) in [5.41, 5.74) is 11.4. The van der Waals surface area contributed by atoms with Crippen LogP contribution >= 0.6 is 23.2 Å². The Balaban J connectivity index is 0.000000223. The average molecular weight is 910 g/mol. The van der Waals surface area contributed by atoms with E-state index in [0.29, 0.717) is 18.2 Å². The zero-order valence-corrected chi connectivity index (χ0v) is 37.9. The third-order valence-electron chi connectivity index (χ3n) is 11.8. The monoisotopic (exact) mass is 908 g/mol. The smallest absolute Gasteiger partial charge is 0.408 e. The van der Waals surface area contributed by atoms with Crippen LogP contribution in [0.5, 0.6) is 0 Å². The van der Waals surface area contributed by atoms with Crippen LogP contribution in [0.2, 0.25) is 10.0 Å². The number of nitrogens with one attached hydrogen (secondary N) is 1. The van der Waals surface area contributed by atoms with Crippen molar-refractivity contribution in [2.24, 2.45) is 29.4 Å². The standard InChI is InChI=1S/C30H32ClNO5.C22H26ClNO3/c1-21-27(17-22-8-4-2-5-9-22)25(16-23-12-14-26(31)15-13-23)19-35-20-28(29(33)37-21)32-30(34)36-18-24-10-6-3-7-11-24;1-15-20(12-16-5-3-2-4-6-16)18(11-17-7-9-19(23)10-8-17)13-26-14-21(24)22(25)27-15/h2-15,21,25,27-28H,16-20H2,1H3,(H,32,34);2-10,15,18,20-21H,11-14,24H2,1H3/t21-,25-,27-,28-;15-,18-,20-,21-/m00/s1. The summed E-state index contributed by atoms with van der Waals surface area (Å²) >= 11 is 12.1. The molecule has 338 valence electrons. The summed E-state index contributed by atoms with van der Waals surface area (Å²) in [6.45, 7) is 5.11. The van der Waals surface area contributed by atoms with E-state index in [2.05, 4.69) is 29.6 Å². The number of hydrogen-bond acceptors (Lipinski definition) is 9. The van der Waals surface area contributed by atoms with Crippen LogP contribution in [0, 0.1) is 23.7 Å². The molecular formula is C52H58Cl2N2O8. The van der Waals surface area contributed by atoms with Crippen LogP contribution in [0.3, 0.4) is 0 Å². The first kappa shape index (κ1) is 48.2. The molecule has 7 rings (SSSR count). The maximum atomic E-state index is 13.1. The first-order valence-electron chi connectivity index (χ1n) is 21.9. The SMILES string of the molecule is C[C@@H]1OC(=O)[C@@H](N)COC[C@H](Cc2ccc(Cl)cc2)[C@H]1Cc1ccccc1.C[C@@H]1OC(=O)[C@@H](NC(=O)OCc2ccccc2)COC[C@H](Cc2ccc(Cl)cc2)[C@H]1Cc1ccccc1. The Bertz CT molecular complexity index is 2180. The van der Waals surface area contributed by atoms with Crippen molar-refractivity contribution in [3.8, 4) is 0 Å². The lowest BCUT2D eigenvalue weighted by Gasteiger charge is -2.31. The Morgan fingerprint density at radius 2 is 0.969 bits per heavy atom.